The first-order valence-electron chi connectivity index (χ1n) is 11.7. The number of nitrogens with zero attached hydrogens (tertiary/aromatic N) is 2. The number of halogens is 2. The Morgan fingerprint density at radius 3 is 2.71 bits per heavy atom. The largest absolute Gasteiger partial charge is 0.494 e. The van der Waals surface area contributed by atoms with Gasteiger partial charge < -0.3 is 19.1 Å². The van der Waals surface area contributed by atoms with Crippen LogP contribution in [0.15, 0.2) is 36.5 Å². The van der Waals surface area contributed by atoms with Crippen molar-refractivity contribution < 1.29 is 28.2 Å². The molecule has 2 fully saturated rings. The van der Waals surface area contributed by atoms with Gasteiger partial charge in [-0.3, -0.25) is 5.10 Å². The van der Waals surface area contributed by atoms with Gasteiger partial charge in [0.2, 0.25) is 5.67 Å². The zero-order chi connectivity index (χ0) is 24.3. The van der Waals surface area contributed by atoms with E-state index >= 15 is 0 Å². The summed E-state index contributed by atoms with van der Waals surface area (Å²) in [5.41, 5.74) is 2.21. The van der Waals surface area contributed by atoms with E-state index in [0.29, 0.717) is 13.2 Å². The van der Waals surface area contributed by atoms with Crippen molar-refractivity contribution >= 4 is 27.8 Å². The quantitative estimate of drug-likeness (QED) is 0.408. The molecule has 0 atom stereocenters. The Bertz CT molecular complexity index is 1450. The number of hydrogen-bond acceptors (Lipinski definition) is 4. The third-order valence-electron chi connectivity index (χ3n) is 7.54. The maximum absolute atomic E-state index is 14.9. The van der Waals surface area contributed by atoms with Crippen LogP contribution in [0.25, 0.3) is 27.5 Å². The van der Waals surface area contributed by atoms with E-state index in [-0.39, 0.29) is 30.4 Å². The molecule has 0 spiro atoms. The SMILES string of the molecule is COc1cc(-n2c(C3CCOCC3)c([C@H]3C[C@](F)(C(=O)O)C3)c3cc4[nH]ncc4cc32)ccc1F. The van der Waals surface area contributed by atoms with E-state index in [1.165, 1.54) is 13.2 Å². The molecule has 3 heterocycles. The average Bonchev–Trinajstić information content (AvgIpc) is 3.43. The lowest BCUT2D eigenvalue weighted by molar-refractivity contribution is -0.158. The van der Waals surface area contributed by atoms with Gasteiger partial charge in [0.15, 0.2) is 11.6 Å². The van der Waals surface area contributed by atoms with Crippen LogP contribution in [0.1, 0.15) is 48.8 Å². The van der Waals surface area contributed by atoms with Gasteiger partial charge in [0, 0.05) is 47.4 Å². The number of carboxylic acids is 1. The third kappa shape index (κ3) is 3.40. The average molecular weight is 481 g/mol. The van der Waals surface area contributed by atoms with E-state index in [1.54, 1.807) is 18.3 Å². The second kappa shape index (κ2) is 8.05. The van der Waals surface area contributed by atoms with Crippen molar-refractivity contribution in [3.63, 3.8) is 0 Å². The van der Waals surface area contributed by atoms with Gasteiger partial charge in [-0.1, -0.05) is 0 Å². The molecule has 1 aliphatic carbocycles. The molecule has 1 saturated heterocycles. The minimum absolute atomic E-state index is 0.0780. The Hall–Kier alpha value is -3.46. The van der Waals surface area contributed by atoms with Crippen molar-refractivity contribution in [1.82, 2.24) is 14.8 Å². The zero-order valence-corrected chi connectivity index (χ0v) is 19.2. The van der Waals surface area contributed by atoms with Gasteiger partial charge in [-0.25, -0.2) is 13.6 Å². The van der Waals surface area contributed by atoms with Crippen molar-refractivity contribution in [2.24, 2.45) is 0 Å². The number of carboxylic acid groups (broad SMARTS) is 1. The van der Waals surface area contributed by atoms with E-state index in [1.807, 2.05) is 12.1 Å². The number of aliphatic carboxylic acids is 1. The minimum Gasteiger partial charge on any atom is -0.494 e. The van der Waals surface area contributed by atoms with Gasteiger partial charge in [-0.2, -0.15) is 5.10 Å². The molecule has 0 amide bonds. The predicted octanol–water partition coefficient (Wildman–Crippen LogP) is 5.22. The zero-order valence-electron chi connectivity index (χ0n) is 19.2. The number of carbonyl (C=O) groups is 1. The molecule has 2 aromatic carbocycles. The number of methoxy groups -OCH3 is 1. The molecule has 1 saturated carbocycles. The van der Waals surface area contributed by atoms with E-state index in [0.717, 1.165) is 51.6 Å². The molecule has 4 aromatic rings. The van der Waals surface area contributed by atoms with Crippen LogP contribution in [-0.4, -0.2) is 51.8 Å². The van der Waals surface area contributed by atoms with Crippen LogP contribution >= 0.6 is 0 Å². The fraction of sp³-hybridized carbons (Fsp3) is 0.385. The van der Waals surface area contributed by atoms with Crippen LogP contribution in [0, 0.1) is 5.82 Å². The number of aromatic amines is 1. The summed E-state index contributed by atoms with van der Waals surface area (Å²) in [7, 11) is 1.43. The second-order valence-corrected chi connectivity index (χ2v) is 9.54. The van der Waals surface area contributed by atoms with Gasteiger partial charge in [0.05, 0.1) is 24.3 Å². The summed E-state index contributed by atoms with van der Waals surface area (Å²) in [6, 6.07) is 8.78. The molecule has 7 nitrogen and oxygen atoms in total. The number of fused-ring (bicyclic) bond motifs is 2. The van der Waals surface area contributed by atoms with Crippen LogP contribution < -0.4 is 4.74 Å². The molecule has 182 valence electrons. The molecule has 35 heavy (non-hydrogen) atoms. The van der Waals surface area contributed by atoms with E-state index < -0.39 is 17.5 Å². The van der Waals surface area contributed by atoms with Crippen molar-refractivity contribution in [1.29, 1.82) is 0 Å². The Labute approximate surface area is 199 Å². The molecule has 9 heteroatoms. The van der Waals surface area contributed by atoms with Gasteiger partial charge in [-0.05, 0) is 61.4 Å². The van der Waals surface area contributed by atoms with Crippen LogP contribution in [0.4, 0.5) is 8.78 Å². The second-order valence-electron chi connectivity index (χ2n) is 9.54. The molecule has 0 bridgehead atoms. The summed E-state index contributed by atoms with van der Waals surface area (Å²) in [5.74, 6) is -1.87. The first-order chi connectivity index (χ1) is 16.9. The fourth-order valence-corrected chi connectivity index (χ4v) is 5.74. The Balaban J connectivity index is 1.65. The van der Waals surface area contributed by atoms with Crippen LogP contribution in [-0.2, 0) is 9.53 Å². The van der Waals surface area contributed by atoms with Gasteiger partial charge in [-0.15, -0.1) is 0 Å². The van der Waals surface area contributed by atoms with E-state index in [4.69, 9.17) is 9.47 Å². The minimum atomic E-state index is -2.22. The van der Waals surface area contributed by atoms with Crippen LogP contribution in [0.2, 0.25) is 0 Å². The molecule has 2 aromatic heterocycles. The molecule has 1 aliphatic heterocycles. The number of rotatable bonds is 5. The lowest BCUT2D eigenvalue weighted by atomic mass is 9.67. The molecule has 0 unspecified atom stereocenters. The number of H-pyrrole nitrogens is 1. The van der Waals surface area contributed by atoms with Gasteiger partial charge in [0.1, 0.15) is 0 Å². The van der Waals surface area contributed by atoms with Crippen LogP contribution in [0.5, 0.6) is 5.75 Å². The summed E-state index contributed by atoms with van der Waals surface area (Å²) in [5, 5.41) is 18.4. The van der Waals surface area contributed by atoms with Gasteiger partial charge in [0.25, 0.3) is 0 Å². The van der Waals surface area contributed by atoms with E-state index in [9.17, 15) is 18.7 Å². The number of benzene rings is 2. The highest BCUT2D eigenvalue weighted by atomic mass is 19.1. The molecular weight excluding hydrogens is 456 g/mol. The molecular formula is C26H25F2N3O4. The Kier molecular flexibility index (Phi) is 5.07. The van der Waals surface area contributed by atoms with Crippen molar-refractivity contribution in [3.8, 4) is 11.4 Å². The standard InChI is InChI=1S/C26H25F2N3O4/c1-34-22-9-17(2-3-19(22)27)31-21-8-15-13-29-30-20(15)10-18(21)23(16-11-26(28,12-16)25(32)33)24(31)14-4-6-35-7-5-14/h2-3,8-10,13-14,16H,4-7,11-12H2,1H3,(H,29,30)(H,32,33)/t16-,26+. The Morgan fingerprint density at radius 2 is 2.00 bits per heavy atom. The molecule has 2 aliphatic rings. The van der Waals surface area contributed by atoms with Crippen molar-refractivity contribution in [2.45, 2.75) is 43.2 Å². The monoisotopic (exact) mass is 481 g/mol. The summed E-state index contributed by atoms with van der Waals surface area (Å²) in [6.07, 6.45) is 3.16. The highest BCUT2D eigenvalue weighted by molar-refractivity contribution is 5.99. The number of ether oxygens (including phenoxy) is 2. The first kappa shape index (κ1) is 22.0. The lowest BCUT2D eigenvalue weighted by Gasteiger charge is -2.39. The van der Waals surface area contributed by atoms with Crippen LogP contribution in [0.3, 0.4) is 0 Å². The summed E-state index contributed by atoms with van der Waals surface area (Å²) >= 11 is 0. The first-order valence-corrected chi connectivity index (χ1v) is 11.7. The normalized spacial score (nSPS) is 23.0. The van der Waals surface area contributed by atoms with Gasteiger partial charge >= 0.3 is 5.97 Å². The molecule has 0 radical (unpaired) electrons. The Morgan fingerprint density at radius 1 is 1.23 bits per heavy atom. The molecule has 6 rings (SSSR count). The summed E-state index contributed by atoms with van der Waals surface area (Å²) < 4.78 is 42.2. The highest BCUT2D eigenvalue weighted by Crippen LogP contribution is 2.53. The fourth-order valence-electron chi connectivity index (χ4n) is 5.74. The predicted molar refractivity (Wildman–Crippen MR) is 126 cm³/mol. The number of nitrogens with one attached hydrogen (secondary N) is 1. The van der Waals surface area contributed by atoms with Crippen molar-refractivity contribution in [2.75, 3.05) is 20.3 Å². The maximum atomic E-state index is 14.9. The highest BCUT2D eigenvalue weighted by Gasteiger charge is 2.53. The number of alkyl halides is 1. The van der Waals surface area contributed by atoms with Crippen molar-refractivity contribution in [3.05, 3.63) is 53.6 Å². The third-order valence-corrected chi connectivity index (χ3v) is 7.54. The lowest BCUT2D eigenvalue weighted by Crippen LogP contribution is -2.45. The van der Waals surface area contributed by atoms with E-state index in [2.05, 4.69) is 14.8 Å². The molecule has 2 N–H and O–H groups in total. The topological polar surface area (TPSA) is 89.4 Å². The summed E-state index contributed by atoms with van der Waals surface area (Å²) in [4.78, 5) is 11.5. The maximum Gasteiger partial charge on any atom is 0.341 e. The smallest absolute Gasteiger partial charge is 0.341 e. The number of hydrogen-bond donors (Lipinski definition) is 2. The summed E-state index contributed by atoms with van der Waals surface area (Å²) in [6.45, 7) is 1.21. The number of aromatic nitrogens is 3.